The average molecular weight is 1120 g/mol. The third-order valence-corrected chi connectivity index (χ3v) is 13.2. The summed E-state index contributed by atoms with van der Waals surface area (Å²) in [5, 5.41) is 27.6. The molecule has 0 fully saturated rings. The number of ether oxygens (including phenoxy) is 2. The van der Waals surface area contributed by atoms with Gasteiger partial charge in [0.15, 0.2) is 0 Å². The minimum Gasteiger partial charge on any atom is -0.497 e. The highest BCUT2D eigenvalue weighted by Gasteiger charge is 2.22. The van der Waals surface area contributed by atoms with Crippen LogP contribution in [0.3, 0.4) is 0 Å². The van der Waals surface area contributed by atoms with E-state index in [-0.39, 0.29) is 35.1 Å². The van der Waals surface area contributed by atoms with Crippen molar-refractivity contribution < 1.29 is 19.5 Å². The largest absolute Gasteiger partial charge is 0.497 e. The number of para-hydroxylation sites is 2. The predicted octanol–water partition coefficient (Wildman–Crippen LogP) is 10.2. The molecule has 2 atom stereocenters. The molecule has 20 heteroatoms. The average Bonchev–Trinajstić information content (AvgIpc) is 3.42. The molecule has 4 aromatic heterocycles. The van der Waals surface area contributed by atoms with Gasteiger partial charge in [0.05, 0.1) is 51.6 Å². The summed E-state index contributed by atoms with van der Waals surface area (Å²) in [6, 6.07) is 47.4. The van der Waals surface area contributed by atoms with Gasteiger partial charge in [0, 0.05) is 40.7 Å². The van der Waals surface area contributed by atoms with Crippen LogP contribution < -0.4 is 48.2 Å². The smallest absolute Gasteiger partial charge is 0.488 e. The Labute approximate surface area is 455 Å². The van der Waals surface area contributed by atoms with Crippen LogP contribution >= 0.6 is 39.1 Å². The van der Waals surface area contributed by atoms with Crippen LogP contribution in [-0.2, 0) is 0 Å². The van der Waals surface area contributed by atoms with E-state index in [1.807, 2.05) is 135 Å². The fourth-order valence-corrected chi connectivity index (χ4v) is 9.18. The van der Waals surface area contributed by atoms with Gasteiger partial charge in [0.2, 0.25) is 11.9 Å². The van der Waals surface area contributed by atoms with Crippen molar-refractivity contribution in [2.24, 2.45) is 0 Å². The molecule has 0 bridgehead atoms. The fraction of sp³-hybridized carbons (Fsp3) is 0.107. The summed E-state index contributed by atoms with van der Waals surface area (Å²) in [5.74, 6) is 2.73. The lowest BCUT2D eigenvalue weighted by atomic mass is 9.80. The molecule has 0 spiro atoms. The molecule has 0 unspecified atom stereocenters. The highest BCUT2D eigenvalue weighted by atomic mass is 79.9. The molecule has 10 aromatic rings. The molecular weight excluding hydrogens is 1070 g/mol. The molecule has 0 saturated carbocycles. The summed E-state index contributed by atoms with van der Waals surface area (Å²) in [4.78, 5) is 44.1. The Balaban J connectivity index is 0.000000171. The molecule has 384 valence electrons. The number of rotatable bonds is 12. The summed E-state index contributed by atoms with van der Waals surface area (Å²) < 4.78 is 14.3. The number of fused-ring (bicyclic) bond motifs is 2. The maximum atomic E-state index is 13.7. The van der Waals surface area contributed by atoms with Crippen molar-refractivity contribution in [2.45, 2.75) is 25.9 Å². The van der Waals surface area contributed by atoms with Gasteiger partial charge in [-0.25, -0.2) is 9.97 Å². The quantitative estimate of drug-likeness (QED) is 0.0626. The molecule has 4 heterocycles. The van der Waals surface area contributed by atoms with Crippen molar-refractivity contribution in [2.75, 3.05) is 36.3 Å². The number of hydrogen-bond acceptors (Lipinski definition) is 14. The number of anilines is 4. The molecule has 16 nitrogen and oxygen atoms in total. The van der Waals surface area contributed by atoms with Crippen LogP contribution in [-0.4, -0.2) is 60.5 Å². The predicted molar refractivity (Wildman–Crippen MR) is 309 cm³/mol. The third kappa shape index (κ3) is 12.3. The number of pyridine rings is 2. The van der Waals surface area contributed by atoms with Crippen molar-refractivity contribution in [3.63, 3.8) is 0 Å². The lowest BCUT2D eigenvalue weighted by Gasteiger charge is -2.23. The van der Waals surface area contributed by atoms with Gasteiger partial charge in [0.1, 0.15) is 23.1 Å². The van der Waals surface area contributed by atoms with Gasteiger partial charge in [-0.3, -0.25) is 18.7 Å². The zero-order chi connectivity index (χ0) is 54.0. The monoisotopic (exact) mass is 1120 g/mol. The second-order valence-electron chi connectivity index (χ2n) is 17.0. The molecule has 0 aliphatic carbocycles. The second kappa shape index (κ2) is 24.4. The molecule has 0 amide bonds. The van der Waals surface area contributed by atoms with Crippen LogP contribution in [0.4, 0.5) is 23.5 Å². The maximum absolute atomic E-state index is 13.7. The maximum Gasteiger partial charge on any atom is 0.488 e. The Morgan fingerprint density at radius 2 is 1.05 bits per heavy atom. The van der Waals surface area contributed by atoms with Crippen LogP contribution in [0.15, 0.2) is 184 Å². The number of hydrogen-bond donors (Lipinski definition) is 6. The van der Waals surface area contributed by atoms with E-state index in [1.165, 1.54) is 7.11 Å². The molecule has 8 N–H and O–H groups in total. The lowest BCUT2D eigenvalue weighted by Crippen LogP contribution is -2.29. The van der Waals surface area contributed by atoms with Crippen LogP contribution in [0.25, 0.3) is 44.0 Å². The molecular formula is C56H50BBrCl2N10O6. The highest BCUT2D eigenvalue weighted by Crippen LogP contribution is 2.34. The van der Waals surface area contributed by atoms with E-state index < -0.39 is 7.12 Å². The number of methoxy groups -OCH3 is 2. The second-order valence-corrected chi connectivity index (χ2v) is 18.7. The van der Waals surface area contributed by atoms with Crippen LogP contribution in [0.5, 0.6) is 11.5 Å². The van der Waals surface area contributed by atoms with Crippen LogP contribution in [0.2, 0.25) is 10.0 Å². The normalized spacial score (nSPS) is 11.6. The number of nitrogens with one attached hydrogen (secondary N) is 2. The fourth-order valence-electron chi connectivity index (χ4n) is 8.35. The highest BCUT2D eigenvalue weighted by molar-refractivity contribution is 9.10. The van der Waals surface area contributed by atoms with Gasteiger partial charge in [-0.15, -0.1) is 0 Å². The Kier molecular flexibility index (Phi) is 17.3. The van der Waals surface area contributed by atoms with Gasteiger partial charge in [-0.2, -0.15) is 9.97 Å². The minimum absolute atomic E-state index is 0.141. The number of halogens is 3. The van der Waals surface area contributed by atoms with Crippen LogP contribution in [0, 0.1) is 0 Å². The Hall–Kier alpha value is -8.26. The number of benzene rings is 6. The summed E-state index contributed by atoms with van der Waals surface area (Å²) in [7, 11) is 1.72. The number of nitrogens with two attached hydrogens (primary N) is 2. The summed E-state index contributed by atoms with van der Waals surface area (Å²) in [6.07, 6.45) is 3.26. The summed E-state index contributed by atoms with van der Waals surface area (Å²) in [5.41, 5.74) is 16.4. The van der Waals surface area contributed by atoms with Gasteiger partial charge >= 0.3 is 7.12 Å². The molecule has 76 heavy (non-hydrogen) atoms. The third-order valence-electron chi connectivity index (χ3n) is 12.0. The van der Waals surface area contributed by atoms with Gasteiger partial charge in [0.25, 0.3) is 11.1 Å². The van der Waals surface area contributed by atoms with Gasteiger partial charge in [-0.1, -0.05) is 108 Å². The van der Waals surface area contributed by atoms with E-state index in [0.29, 0.717) is 53.9 Å². The SMILES string of the molecule is COc1cccc(-c2cnc(N)nc2N[C@@H](C)c2cc3cccc(Cl)c3c(=O)n2-c2ccccc2)c1.COc1cccc(B(O)O)c1.C[C@H](Nc1nc(N)ncc1Br)c1cc2cccc(Cl)c2c(=O)n1-c1ccccc1. The van der Waals surface area contributed by atoms with E-state index in [2.05, 4.69) is 46.5 Å². The molecule has 0 radical (unpaired) electrons. The molecule has 0 saturated heterocycles. The zero-order valence-electron chi connectivity index (χ0n) is 41.4. The number of nitrogens with zero attached hydrogens (tertiary/aromatic N) is 6. The molecule has 10 rings (SSSR count). The van der Waals surface area contributed by atoms with Gasteiger partial charge < -0.3 is 41.6 Å². The van der Waals surface area contributed by atoms with E-state index in [4.69, 9.17) is 54.2 Å². The first-order chi connectivity index (χ1) is 36.6. The van der Waals surface area contributed by atoms with E-state index in [0.717, 1.165) is 44.7 Å². The first-order valence-corrected chi connectivity index (χ1v) is 25.1. The summed E-state index contributed by atoms with van der Waals surface area (Å²) >= 11 is 16.2. The van der Waals surface area contributed by atoms with Gasteiger partial charge in [-0.05, 0) is 124 Å². The number of aromatic nitrogens is 6. The Bertz CT molecular complexity index is 3800. The van der Waals surface area contributed by atoms with Crippen molar-refractivity contribution in [3.05, 3.63) is 217 Å². The first-order valence-electron chi connectivity index (χ1n) is 23.5. The first kappa shape index (κ1) is 54.0. The molecule has 0 aliphatic heterocycles. The van der Waals surface area contributed by atoms with Crippen molar-refractivity contribution in [1.29, 1.82) is 0 Å². The molecule has 0 aliphatic rings. The minimum atomic E-state index is -1.43. The van der Waals surface area contributed by atoms with Crippen molar-refractivity contribution >= 4 is 96.8 Å². The van der Waals surface area contributed by atoms with Crippen molar-refractivity contribution in [3.8, 4) is 34.0 Å². The lowest BCUT2D eigenvalue weighted by molar-refractivity contribution is 0.412. The Morgan fingerprint density at radius 1 is 0.592 bits per heavy atom. The summed E-state index contributed by atoms with van der Waals surface area (Å²) in [6.45, 7) is 3.92. The van der Waals surface area contributed by atoms with Crippen molar-refractivity contribution in [1.82, 2.24) is 29.1 Å². The van der Waals surface area contributed by atoms with E-state index in [9.17, 15) is 9.59 Å². The standard InChI is InChI=1S/C28H24ClN5O2.C21H17BrClN5O.C7H9BO3/c1-17(32-26-22(16-31-28(30)33-26)18-8-6-12-21(14-18)36-2)24-15-19-9-7-13-23(29)25(19)27(35)34(24)20-10-4-3-5-11-20;1-12(26-19-15(22)11-25-21(24)27-19)17-10-13-6-5-9-16(23)18(13)20(29)28(17)14-7-3-2-4-8-14;1-11-7-4-2-3-6(5-7)8(9)10/h3-17H,1-2H3,(H3,30,31,32,33);2-12H,1H3,(H3,24,25,26,27);2-5,9-10H,1H3/t17-;12-;/m00./s1. The van der Waals surface area contributed by atoms with Crippen LogP contribution in [0.1, 0.15) is 37.3 Å². The van der Waals surface area contributed by atoms with E-state index in [1.54, 1.807) is 65.0 Å². The zero-order valence-corrected chi connectivity index (χ0v) is 44.5. The van der Waals surface area contributed by atoms with E-state index >= 15 is 0 Å². The topological polar surface area (TPSA) is 231 Å². The number of nitrogen functional groups attached to an aromatic ring is 2. The molecule has 6 aromatic carbocycles. The Morgan fingerprint density at radius 3 is 1.57 bits per heavy atom.